The number of nitrogens with zero attached hydrogens (tertiary/aromatic N) is 5. The summed E-state index contributed by atoms with van der Waals surface area (Å²) in [6, 6.07) is 3.74. The SMILES string of the molecule is CCCCCCCCCCCCN1C(=O)/C(=C\c2c(N3CCN(C(=O)OCC)CC3)nc3c(C)cccn3c2=O)SC1=S. The van der Waals surface area contributed by atoms with Gasteiger partial charge >= 0.3 is 6.09 Å². The van der Waals surface area contributed by atoms with Crippen molar-refractivity contribution in [1.82, 2.24) is 19.2 Å². The molecule has 2 aromatic heterocycles. The largest absolute Gasteiger partial charge is 0.450 e. The van der Waals surface area contributed by atoms with Crippen molar-refractivity contribution < 1.29 is 14.3 Å². The molecule has 0 radical (unpaired) electrons. The molecule has 0 aromatic carbocycles. The number of carbonyl (C=O) groups is 2. The second-order valence-electron chi connectivity index (χ2n) is 11.2. The summed E-state index contributed by atoms with van der Waals surface area (Å²) in [5.74, 6) is 0.362. The topological polar surface area (TPSA) is 87.5 Å². The molecule has 2 aromatic rings. The predicted molar refractivity (Wildman–Crippen MR) is 179 cm³/mol. The summed E-state index contributed by atoms with van der Waals surface area (Å²) in [7, 11) is 0. The fourth-order valence-corrected chi connectivity index (χ4v) is 6.85. The summed E-state index contributed by atoms with van der Waals surface area (Å²) >= 11 is 6.84. The van der Waals surface area contributed by atoms with Gasteiger partial charge < -0.3 is 14.5 Å². The molecule has 4 rings (SSSR count). The standard InChI is InChI=1S/C32H45N5O4S2/c1-4-6-7-8-9-10-11-12-13-14-17-37-30(39)26(43-32(37)42)23-25-28(33-27-24(3)16-15-18-36(27)29(25)38)34-19-21-35(22-20-34)31(40)41-5-2/h15-16,18,23H,4-14,17,19-22H2,1-3H3/b26-23+. The van der Waals surface area contributed by atoms with E-state index in [4.69, 9.17) is 21.9 Å². The fourth-order valence-electron chi connectivity index (χ4n) is 5.56. The van der Waals surface area contributed by atoms with Gasteiger partial charge in [0.25, 0.3) is 11.5 Å². The molecule has 0 atom stereocenters. The molecule has 0 aliphatic carbocycles. The highest BCUT2D eigenvalue weighted by Gasteiger charge is 2.33. The second-order valence-corrected chi connectivity index (χ2v) is 12.9. The van der Waals surface area contributed by atoms with Crippen LogP contribution in [0.3, 0.4) is 0 Å². The number of piperazine rings is 1. The van der Waals surface area contributed by atoms with E-state index in [1.54, 1.807) is 29.0 Å². The van der Waals surface area contributed by atoms with Crippen LogP contribution in [-0.2, 0) is 9.53 Å². The van der Waals surface area contributed by atoms with Crippen LogP contribution in [0.4, 0.5) is 10.6 Å². The number of unbranched alkanes of at least 4 members (excludes halogenated alkanes) is 9. The summed E-state index contributed by atoms with van der Waals surface area (Å²) in [5, 5.41) is 0. The Kier molecular flexibility index (Phi) is 12.5. The van der Waals surface area contributed by atoms with Gasteiger partial charge in [-0.2, -0.15) is 0 Å². The number of hydrogen-bond donors (Lipinski definition) is 0. The Bertz CT molecular complexity index is 1380. The van der Waals surface area contributed by atoms with Crippen molar-refractivity contribution in [1.29, 1.82) is 0 Å². The molecule has 4 heterocycles. The minimum atomic E-state index is -0.337. The van der Waals surface area contributed by atoms with Crippen LogP contribution in [0.5, 0.6) is 0 Å². The van der Waals surface area contributed by atoms with Gasteiger partial charge in [0.05, 0.1) is 17.1 Å². The molecule has 2 amide bonds. The Labute approximate surface area is 264 Å². The van der Waals surface area contributed by atoms with Gasteiger partial charge in [-0.05, 0) is 38.0 Å². The Morgan fingerprint density at radius 2 is 1.65 bits per heavy atom. The van der Waals surface area contributed by atoms with E-state index in [0.717, 1.165) is 18.4 Å². The number of anilines is 1. The average molecular weight is 628 g/mol. The van der Waals surface area contributed by atoms with Crippen molar-refractivity contribution >= 4 is 57.8 Å². The highest BCUT2D eigenvalue weighted by atomic mass is 32.2. The van der Waals surface area contributed by atoms with E-state index < -0.39 is 0 Å². The van der Waals surface area contributed by atoms with E-state index in [9.17, 15) is 14.4 Å². The van der Waals surface area contributed by atoms with Gasteiger partial charge in [-0.15, -0.1) is 0 Å². The number of ether oxygens (including phenoxy) is 1. The fraction of sp³-hybridized carbons (Fsp3) is 0.594. The normalized spacial score (nSPS) is 16.6. The van der Waals surface area contributed by atoms with Crippen LogP contribution >= 0.6 is 24.0 Å². The van der Waals surface area contributed by atoms with E-state index in [-0.39, 0.29) is 17.6 Å². The number of fused-ring (bicyclic) bond motifs is 1. The maximum Gasteiger partial charge on any atom is 0.409 e. The van der Waals surface area contributed by atoms with E-state index in [1.165, 1.54) is 67.5 Å². The van der Waals surface area contributed by atoms with Crippen LogP contribution in [0.15, 0.2) is 28.0 Å². The Morgan fingerprint density at radius 3 is 2.30 bits per heavy atom. The number of carbonyl (C=O) groups excluding carboxylic acids is 2. The van der Waals surface area contributed by atoms with E-state index in [0.29, 0.717) is 65.6 Å². The zero-order chi connectivity index (χ0) is 30.8. The molecule has 0 N–H and O–H groups in total. The molecule has 2 fully saturated rings. The molecule has 0 saturated carbocycles. The van der Waals surface area contributed by atoms with Crippen molar-refractivity contribution in [2.24, 2.45) is 0 Å². The number of hydrogen-bond acceptors (Lipinski definition) is 8. The van der Waals surface area contributed by atoms with Gasteiger partial charge in [0.15, 0.2) is 0 Å². The molecule has 43 heavy (non-hydrogen) atoms. The van der Waals surface area contributed by atoms with Crippen LogP contribution in [-0.4, -0.2) is 74.8 Å². The van der Waals surface area contributed by atoms with Crippen LogP contribution in [0, 0.1) is 6.92 Å². The van der Waals surface area contributed by atoms with Crippen molar-refractivity contribution in [3.63, 3.8) is 0 Å². The number of thioether (sulfide) groups is 1. The lowest BCUT2D eigenvalue weighted by atomic mass is 10.1. The van der Waals surface area contributed by atoms with Crippen LogP contribution in [0.2, 0.25) is 0 Å². The number of aryl methyl sites for hydroxylation is 1. The summed E-state index contributed by atoms with van der Waals surface area (Å²) < 4.78 is 7.22. The van der Waals surface area contributed by atoms with Crippen LogP contribution in [0.25, 0.3) is 11.7 Å². The molecule has 2 saturated heterocycles. The number of pyridine rings is 1. The minimum Gasteiger partial charge on any atom is -0.450 e. The van der Waals surface area contributed by atoms with Gasteiger partial charge in [-0.25, -0.2) is 9.78 Å². The number of aromatic nitrogens is 2. The van der Waals surface area contributed by atoms with Gasteiger partial charge in [0, 0.05) is 38.9 Å². The summed E-state index contributed by atoms with van der Waals surface area (Å²) in [6.07, 6.45) is 15.3. The third kappa shape index (κ3) is 8.38. The number of amides is 2. The molecular formula is C32H45N5O4S2. The quantitative estimate of drug-likeness (QED) is 0.135. The first-order valence-electron chi connectivity index (χ1n) is 15.8. The molecule has 9 nitrogen and oxygen atoms in total. The predicted octanol–water partition coefficient (Wildman–Crippen LogP) is 6.40. The molecule has 0 spiro atoms. The number of rotatable bonds is 14. The zero-order valence-corrected chi connectivity index (χ0v) is 27.4. The number of thiocarbonyl (C=S) groups is 1. The Balaban J connectivity index is 1.46. The smallest absolute Gasteiger partial charge is 0.409 e. The molecule has 234 valence electrons. The zero-order valence-electron chi connectivity index (χ0n) is 25.8. The third-order valence-electron chi connectivity index (χ3n) is 8.05. The summed E-state index contributed by atoms with van der Waals surface area (Å²) in [5.41, 5.74) is 1.56. The lowest BCUT2D eigenvalue weighted by Crippen LogP contribution is -2.49. The monoisotopic (exact) mass is 627 g/mol. The van der Waals surface area contributed by atoms with Gasteiger partial charge in [0.2, 0.25) is 0 Å². The lowest BCUT2D eigenvalue weighted by molar-refractivity contribution is -0.122. The molecular weight excluding hydrogens is 583 g/mol. The lowest BCUT2D eigenvalue weighted by Gasteiger charge is -2.35. The maximum absolute atomic E-state index is 13.8. The van der Waals surface area contributed by atoms with Crippen molar-refractivity contribution in [2.75, 3.05) is 44.2 Å². The first kappa shape index (κ1) is 33.0. The van der Waals surface area contributed by atoms with Gasteiger partial charge in [0.1, 0.15) is 15.8 Å². The molecule has 2 aliphatic rings. The third-order valence-corrected chi connectivity index (χ3v) is 9.43. The second kappa shape index (κ2) is 16.2. The highest BCUT2D eigenvalue weighted by molar-refractivity contribution is 8.26. The van der Waals surface area contributed by atoms with Crippen LogP contribution < -0.4 is 10.5 Å². The van der Waals surface area contributed by atoms with E-state index >= 15 is 0 Å². The Hall–Kier alpha value is -2.92. The first-order valence-corrected chi connectivity index (χ1v) is 17.0. The van der Waals surface area contributed by atoms with E-state index in [2.05, 4.69) is 6.92 Å². The molecule has 2 aliphatic heterocycles. The molecule has 0 bridgehead atoms. The van der Waals surface area contributed by atoms with Crippen molar-refractivity contribution in [2.45, 2.75) is 85.0 Å². The van der Waals surface area contributed by atoms with Crippen LogP contribution in [0.1, 0.15) is 89.2 Å². The van der Waals surface area contributed by atoms with Crippen molar-refractivity contribution in [3.8, 4) is 0 Å². The van der Waals surface area contributed by atoms with E-state index in [1.807, 2.05) is 24.0 Å². The first-order chi connectivity index (χ1) is 20.8. The van der Waals surface area contributed by atoms with Crippen molar-refractivity contribution in [3.05, 3.63) is 44.7 Å². The average Bonchev–Trinajstić information content (AvgIpc) is 3.27. The maximum atomic E-state index is 13.8. The summed E-state index contributed by atoms with van der Waals surface area (Å²) in [6.45, 7) is 8.76. The van der Waals surface area contributed by atoms with Gasteiger partial charge in [-0.1, -0.05) is 94.8 Å². The minimum absolute atomic E-state index is 0.155. The summed E-state index contributed by atoms with van der Waals surface area (Å²) in [4.78, 5) is 50.2. The van der Waals surface area contributed by atoms with Gasteiger partial charge in [-0.3, -0.25) is 18.9 Å². The molecule has 0 unspecified atom stereocenters. The molecule has 11 heteroatoms. The Morgan fingerprint density at radius 1 is 1.00 bits per heavy atom. The highest BCUT2D eigenvalue weighted by Crippen LogP contribution is 2.34.